The summed E-state index contributed by atoms with van der Waals surface area (Å²) in [6, 6.07) is 15.2. The van der Waals surface area contributed by atoms with E-state index >= 15 is 0 Å². The highest BCUT2D eigenvalue weighted by Gasteiger charge is 2.30. The minimum atomic E-state index is -3.61. The number of benzene rings is 2. The maximum Gasteiger partial charge on any atom is 0.255 e. The number of rotatable bonds is 7. The van der Waals surface area contributed by atoms with E-state index in [1.54, 1.807) is 12.1 Å². The molecule has 0 aromatic heterocycles. The van der Waals surface area contributed by atoms with Crippen molar-refractivity contribution < 1.29 is 18.3 Å². The van der Waals surface area contributed by atoms with Crippen molar-refractivity contribution in [1.82, 2.24) is 9.21 Å². The van der Waals surface area contributed by atoms with Crippen LogP contribution in [0.3, 0.4) is 0 Å². The summed E-state index contributed by atoms with van der Waals surface area (Å²) in [5, 5.41) is 12.2. The lowest BCUT2D eigenvalue weighted by molar-refractivity contribution is 0.0881. The number of piperazine rings is 1. The fraction of sp³-hybridized carbons (Fsp3) is 0.381. The first-order valence-corrected chi connectivity index (χ1v) is 11.2. The minimum Gasteiger partial charge on any atom is -0.395 e. The number of hydrogen-bond donors (Lipinski definition) is 2. The molecule has 2 aromatic rings. The molecule has 1 atom stereocenters. The van der Waals surface area contributed by atoms with Gasteiger partial charge in [-0.2, -0.15) is 4.31 Å². The van der Waals surface area contributed by atoms with Crippen LogP contribution in [0.1, 0.15) is 23.7 Å². The fourth-order valence-electron chi connectivity index (χ4n) is 3.46. The quantitative estimate of drug-likeness (QED) is 0.719. The summed E-state index contributed by atoms with van der Waals surface area (Å²) in [7, 11) is -3.61. The third-order valence-electron chi connectivity index (χ3n) is 5.26. The van der Waals surface area contributed by atoms with Crippen molar-refractivity contribution in [2.75, 3.05) is 38.1 Å². The molecule has 1 fully saturated rings. The molecule has 3 rings (SSSR count). The highest BCUT2D eigenvalue weighted by atomic mass is 32.2. The molecule has 29 heavy (non-hydrogen) atoms. The zero-order valence-corrected chi connectivity index (χ0v) is 17.3. The Morgan fingerprint density at radius 1 is 1.03 bits per heavy atom. The summed E-state index contributed by atoms with van der Waals surface area (Å²) in [6.07, 6.45) is 0.829. The van der Waals surface area contributed by atoms with Gasteiger partial charge in [-0.15, -0.1) is 0 Å². The van der Waals surface area contributed by atoms with Crippen LogP contribution in [0, 0.1) is 0 Å². The number of anilines is 1. The van der Waals surface area contributed by atoms with E-state index in [9.17, 15) is 18.3 Å². The number of hydrogen-bond acceptors (Lipinski definition) is 5. The van der Waals surface area contributed by atoms with E-state index in [2.05, 4.69) is 10.2 Å². The summed E-state index contributed by atoms with van der Waals surface area (Å²) in [5.41, 5.74) is 1.08. The Hall–Kier alpha value is -2.26. The standard InChI is InChI=1S/C21H27N3O4S/c1-2-19(16-25)23-12-14-24(15-13-23)29(27,28)20-10-8-17(9-11-20)21(26)22-18-6-4-3-5-7-18/h3-11,19,25H,2,12-16H2,1H3,(H,22,26)/t19-/m1/s1. The summed E-state index contributed by atoms with van der Waals surface area (Å²) in [4.78, 5) is 14.6. The Morgan fingerprint density at radius 2 is 1.66 bits per heavy atom. The second-order valence-corrected chi connectivity index (χ2v) is 8.97. The maximum absolute atomic E-state index is 12.9. The Morgan fingerprint density at radius 3 is 2.21 bits per heavy atom. The number of nitrogens with zero attached hydrogens (tertiary/aromatic N) is 2. The van der Waals surface area contributed by atoms with Crippen molar-refractivity contribution in [2.24, 2.45) is 0 Å². The van der Waals surface area contributed by atoms with Gasteiger partial charge in [0.05, 0.1) is 11.5 Å². The second kappa shape index (κ2) is 9.49. The third-order valence-corrected chi connectivity index (χ3v) is 7.17. The molecule has 0 aliphatic carbocycles. The molecule has 1 amide bonds. The molecule has 2 N–H and O–H groups in total. The second-order valence-electron chi connectivity index (χ2n) is 7.03. The Labute approximate surface area is 172 Å². The Kier molecular flexibility index (Phi) is 7.02. The minimum absolute atomic E-state index is 0.0715. The molecule has 156 valence electrons. The predicted molar refractivity (Wildman–Crippen MR) is 112 cm³/mol. The topological polar surface area (TPSA) is 90.0 Å². The smallest absolute Gasteiger partial charge is 0.255 e. The van der Waals surface area contributed by atoms with Crippen LogP contribution in [0.2, 0.25) is 0 Å². The molecule has 1 aliphatic heterocycles. The van der Waals surface area contributed by atoms with Crippen LogP contribution in [0.5, 0.6) is 0 Å². The first-order chi connectivity index (χ1) is 14.0. The van der Waals surface area contributed by atoms with Crippen LogP contribution in [0.25, 0.3) is 0 Å². The van der Waals surface area contributed by atoms with Gasteiger partial charge in [0.1, 0.15) is 0 Å². The van der Waals surface area contributed by atoms with Gasteiger partial charge >= 0.3 is 0 Å². The highest BCUT2D eigenvalue weighted by molar-refractivity contribution is 7.89. The van der Waals surface area contributed by atoms with Gasteiger partial charge in [-0.1, -0.05) is 25.1 Å². The number of carbonyl (C=O) groups excluding carboxylic acids is 1. The van der Waals surface area contributed by atoms with Gasteiger partial charge in [-0.3, -0.25) is 9.69 Å². The molecule has 8 heteroatoms. The summed E-state index contributed by atoms with van der Waals surface area (Å²) in [6.45, 7) is 4.05. The molecule has 7 nitrogen and oxygen atoms in total. The molecule has 1 heterocycles. The molecule has 1 aliphatic rings. The van der Waals surface area contributed by atoms with Crippen LogP contribution >= 0.6 is 0 Å². The van der Waals surface area contributed by atoms with Gasteiger partial charge in [0.15, 0.2) is 0 Å². The zero-order chi connectivity index (χ0) is 20.9. The number of amides is 1. The average Bonchev–Trinajstić information content (AvgIpc) is 2.76. The third kappa shape index (κ3) is 5.02. The van der Waals surface area contributed by atoms with E-state index in [1.165, 1.54) is 28.6 Å². The van der Waals surface area contributed by atoms with Crippen molar-refractivity contribution in [1.29, 1.82) is 0 Å². The zero-order valence-electron chi connectivity index (χ0n) is 16.5. The van der Waals surface area contributed by atoms with Gasteiger partial charge in [0.25, 0.3) is 5.91 Å². The normalized spacial score (nSPS) is 17.0. The van der Waals surface area contributed by atoms with Crippen LogP contribution in [-0.4, -0.2) is 67.5 Å². The van der Waals surface area contributed by atoms with E-state index in [-0.39, 0.29) is 23.5 Å². The molecule has 0 bridgehead atoms. The van der Waals surface area contributed by atoms with Gasteiger partial charge < -0.3 is 10.4 Å². The van der Waals surface area contributed by atoms with Crippen molar-refractivity contribution in [2.45, 2.75) is 24.3 Å². The Bertz CT molecular complexity index is 905. The largest absolute Gasteiger partial charge is 0.395 e. The lowest BCUT2D eigenvalue weighted by atomic mass is 10.2. The summed E-state index contributed by atoms with van der Waals surface area (Å²) < 4.78 is 27.3. The first-order valence-electron chi connectivity index (χ1n) is 9.77. The lowest BCUT2D eigenvalue weighted by Crippen LogP contribution is -2.52. The van der Waals surface area contributed by atoms with Crippen LogP contribution in [0.15, 0.2) is 59.5 Å². The van der Waals surface area contributed by atoms with Crippen molar-refractivity contribution in [3.8, 4) is 0 Å². The van der Waals surface area contributed by atoms with Gasteiger partial charge in [0, 0.05) is 43.5 Å². The predicted octanol–water partition coefficient (Wildman–Crippen LogP) is 2.02. The van der Waals surface area contributed by atoms with E-state index in [0.717, 1.165) is 6.42 Å². The van der Waals surface area contributed by atoms with Crippen molar-refractivity contribution >= 4 is 21.6 Å². The Balaban J connectivity index is 1.65. The molecule has 0 spiro atoms. The molecule has 1 saturated heterocycles. The van der Waals surface area contributed by atoms with E-state index < -0.39 is 10.0 Å². The van der Waals surface area contributed by atoms with Crippen LogP contribution in [-0.2, 0) is 10.0 Å². The SMILES string of the molecule is CC[C@H](CO)N1CCN(S(=O)(=O)c2ccc(C(=O)Nc3ccccc3)cc2)CC1. The van der Waals surface area contributed by atoms with Crippen LogP contribution in [0.4, 0.5) is 5.69 Å². The number of para-hydroxylation sites is 1. The molecular weight excluding hydrogens is 390 g/mol. The number of nitrogens with one attached hydrogen (secondary N) is 1. The monoisotopic (exact) mass is 417 g/mol. The molecule has 0 radical (unpaired) electrons. The highest BCUT2D eigenvalue weighted by Crippen LogP contribution is 2.20. The lowest BCUT2D eigenvalue weighted by Gasteiger charge is -2.37. The first kappa shape index (κ1) is 21.4. The number of sulfonamides is 1. The van der Waals surface area contributed by atoms with Crippen LogP contribution < -0.4 is 5.32 Å². The van der Waals surface area contributed by atoms with Gasteiger partial charge in [0.2, 0.25) is 10.0 Å². The van der Waals surface area contributed by atoms with E-state index in [0.29, 0.717) is 37.4 Å². The molecule has 0 saturated carbocycles. The van der Waals surface area contributed by atoms with Crippen molar-refractivity contribution in [3.63, 3.8) is 0 Å². The maximum atomic E-state index is 12.9. The average molecular weight is 418 g/mol. The fourth-order valence-corrected chi connectivity index (χ4v) is 4.89. The van der Waals surface area contributed by atoms with E-state index in [4.69, 9.17) is 0 Å². The van der Waals surface area contributed by atoms with Crippen molar-refractivity contribution in [3.05, 3.63) is 60.2 Å². The van der Waals surface area contributed by atoms with Gasteiger partial charge in [-0.05, 0) is 42.8 Å². The van der Waals surface area contributed by atoms with E-state index in [1.807, 2.05) is 25.1 Å². The number of aliphatic hydroxyl groups is 1. The number of carbonyl (C=O) groups is 1. The van der Waals surface area contributed by atoms with Gasteiger partial charge in [-0.25, -0.2) is 8.42 Å². The molecular formula is C21H27N3O4S. The molecule has 0 unspecified atom stereocenters. The summed E-state index contributed by atoms with van der Waals surface area (Å²) in [5.74, 6) is -0.289. The molecule has 2 aromatic carbocycles. The summed E-state index contributed by atoms with van der Waals surface area (Å²) >= 11 is 0. The number of aliphatic hydroxyl groups excluding tert-OH is 1.